The first-order valence-electron chi connectivity index (χ1n) is 10.2. The third-order valence-corrected chi connectivity index (χ3v) is 5.35. The molecule has 3 aromatic rings. The molecule has 2 amide bonds. The number of hydrogen-bond donors (Lipinski definition) is 3. The highest BCUT2D eigenvalue weighted by Crippen LogP contribution is 2.24. The van der Waals surface area contributed by atoms with Crippen molar-refractivity contribution < 1.29 is 9.59 Å². The number of aryl methyl sites for hydroxylation is 2. The summed E-state index contributed by atoms with van der Waals surface area (Å²) < 4.78 is 0. The molecule has 0 aliphatic rings. The van der Waals surface area contributed by atoms with Gasteiger partial charge in [-0.1, -0.05) is 60.7 Å². The smallest absolute Gasteiger partial charge is 0.243 e. The topological polar surface area (TPSA) is 70.2 Å². The number of carbonyl (C=O) groups is 2. The number of amides is 2. The van der Waals surface area contributed by atoms with E-state index in [4.69, 9.17) is 0 Å². The quantitative estimate of drug-likeness (QED) is 0.552. The van der Waals surface area contributed by atoms with Crippen LogP contribution in [0.15, 0.2) is 60.7 Å². The van der Waals surface area contributed by atoms with E-state index in [2.05, 4.69) is 40.2 Å². The van der Waals surface area contributed by atoms with Crippen LogP contribution in [-0.2, 0) is 9.59 Å². The third kappa shape index (κ3) is 5.05. The van der Waals surface area contributed by atoms with Crippen LogP contribution >= 0.6 is 0 Å². The molecule has 0 aliphatic carbocycles. The van der Waals surface area contributed by atoms with Crippen LogP contribution in [0.5, 0.6) is 0 Å². The number of benzene rings is 3. The number of rotatable bonds is 7. The molecule has 0 saturated heterocycles. The highest BCUT2D eigenvalue weighted by molar-refractivity contribution is 5.96. The Morgan fingerprint density at radius 1 is 0.867 bits per heavy atom. The Balaban J connectivity index is 1.56. The van der Waals surface area contributed by atoms with Crippen LogP contribution in [0, 0.1) is 13.8 Å². The number of para-hydroxylation sites is 1. The van der Waals surface area contributed by atoms with Crippen molar-refractivity contribution in [2.45, 2.75) is 39.8 Å². The van der Waals surface area contributed by atoms with Crippen LogP contribution < -0.4 is 16.0 Å². The van der Waals surface area contributed by atoms with Gasteiger partial charge in [0.25, 0.3) is 0 Å². The molecule has 2 atom stereocenters. The number of hydrogen-bond acceptors (Lipinski definition) is 3. The highest BCUT2D eigenvalue weighted by Gasteiger charge is 2.18. The molecule has 0 bridgehead atoms. The SMILES string of the molecule is Cc1cccc(C)c1NC(=O)CNC(=O)[C@H](C)N[C@@H](C)c1cccc2ccccc12. The van der Waals surface area contributed by atoms with Crippen molar-refractivity contribution in [2.75, 3.05) is 11.9 Å². The molecule has 0 aliphatic heterocycles. The van der Waals surface area contributed by atoms with Crippen molar-refractivity contribution >= 4 is 28.3 Å². The molecule has 0 heterocycles. The first-order valence-corrected chi connectivity index (χ1v) is 10.2. The molecule has 3 rings (SSSR count). The molecule has 5 nitrogen and oxygen atoms in total. The normalized spacial score (nSPS) is 12.9. The van der Waals surface area contributed by atoms with Crippen molar-refractivity contribution in [3.05, 3.63) is 77.4 Å². The van der Waals surface area contributed by atoms with Gasteiger partial charge < -0.3 is 10.6 Å². The maximum Gasteiger partial charge on any atom is 0.243 e. The van der Waals surface area contributed by atoms with Crippen molar-refractivity contribution in [3.63, 3.8) is 0 Å². The summed E-state index contributed by atoms with van der Waals surface area (Å²) in [5.41, 5.74) is 3.93. The fraction of sp³-hybridized carbons (Fsp3) is 0.280. The zero-order chi connectivity index (χ0) is 21.7. The summed E-state index contributed by atoms with van der Waals surface area (Å²) in [4.78, 5) is 24.8. The van der Waals surface area contributed by atoms with Crippen LogP contribution in [0.1, 0.15) is 36.6 Å². The van der Waals surface area contributed by atoms with Gasteiger partial charge in [0.05, 0.1) is 12.6 Å². The van der Waals surface area contributed by atoms with E-state index in [1.54, 1.807) is 6.92 Å². The Morgan fingerprint density at radius 3 is 2.23 bits per heavy atom. The van der Waals surface area contributed by atoms with E-state index in [1.807, 2.05) is 57.2 Å². The molecule has 156 valence electrons. The second kappa shape index (κ2) is 9.55. The fourth-order valence-corrected chi connectivity index (χ4v) is 3.68. The maximum absolute atomic E-state index is 12.5. The summed E-state index contributed by atoms with van der Waals surface area (Å²) in [7, 11) is 0. The monoisotopic (exact) mass is 403 g/mol. The van der Waals surface area contributed by atoms with Crippen molar-refractivity contribution in [1.82, 2.24) is 10.6 Å². The van der Waals surface area contributed by atoms with E-state index in [0.29, 0.717) is 0 Å². The average Bonchev–Trinajstić information content (AvgIpc) is 2.74. The Morgan fingerprint density at radius 2 is 1.50 bits per heavy atom. The van der Waals surface area contributed by atoms with Crippen molar-refractivity contribution in [1.29, 1.82) is 0 Å². The number of carbonyl (C=O) groups excluding carboxylic acids is 2. The standard InChI is InChI=1S/C25H29N3O2/c1-16-9-7-10-17(2)24(16)28-23(29)15-26-25(30)19(4)27-18(3)21-14-8-12-20-11-5-6-13-22(20)21/h5-14,18-19,27H,15H2,1-4H3,(H,26,30)(H,28,29)/t18-,19-/m0/s1. The van der Waals surface area contributed by atoms with Crippen molar-refractivity contribution in [3.8, 4) is 0 Å². The lowest BCUT2D eigenvalue weighted by Gasteiger charge is -2.21. The van der Waals surface area contributed by atoms with Crippen LogP contribution in [0.25, 0.3) is 10.8 Å². The molecule has 0 fully saturated rings. The van der Waals surface area contributed by atoms with E-state index in [-0.39, 0.29) is 24.4 Å². The van der Waals surface area contributed by atoms with Gasteiger partial charge in [-0.25, -0.2) is 0 Å². The van der Waals surface area contributed by atoms with Gasteiger partial charge in [0.15, 0.2) is 0 Å². The van der Waals surface area contributed by atoms with Crippen LogP contribution in [-0.4, -0.2) is 24.4 Å². The molecule has 0 saturated carbocycles. The van der Waals surface area contributed by atoms with E-state index in [0.717, 1.165) is 22.4 Å². The molecule has 0 aromatic heterocycles. The molecule has 0 unspecified atom stereocenters. The van der Waals surface area contributed by atoms with Gasteiger partial charge in [0, 0.05) is 11.7 Å². The first-order chi connectivity index (χ1) is 14.4. The predicted molar refractivity (Wildman–Crippen MR) is 123 cm³/mol. The Kier molecular flexibility index (Phi) is 6.85. The van der Waals surface area contributed by atoms with Gasteiger partial charge in [-0.3, -0.25) is 14.9 Å². The minimum atomic E-state index is -0.438. The largest absolute Gasteiger partial charge is 0.346 e. The third-order valence-electron chi connectivity index (χ3n) is 5.35. The minimum absolute atomic E-state index is 0.0136. The highest BCUT2D eigenvalue weighted by atomic mass is 16.2. The van der Waals surface area contributed by atoms with Gasteiger partial charge in [-0.05, 0) is 55.2 Å². The molecular weight excluding hydrogens is 374 g/mol. The molecule has 5 heteroatoms. The van der Waals surface area contributed by atoms with Crippen LogP contribution in [0.3, 0.4) is 0 Å². The molecule has 0 spiro atoms. The zero-order valence-corrected chi connectivity index (χ0v) is 18.0. The van der Waals surface area contributed by atoms with E-state index < -0.39 is 6.04 Å². The van der Waals surface area contributed by atoms with E-state index in [1.165, 1.54) is 10.8 Å². The van der Waals surface area contributed by atoms with Crippen LogP contribution in [0.4, 0.5) is 5.69 Å². The summed E-state index contributed by atoms with van der Waals surface area (Å²) in [5, 5.41) is 11.3. The Bertz CT molecular complexity index is 1040. The lowest BCUT2D eigenvalue weighted by atomic mass is 9.99. The maximum atomic E-state index is 12.5. The fourth-order valence-electron chi connectivity index (χ4n) is 3.68. The van der Waals surface area contributed by atoms with E-state index in [9.17, 15) is 9.59 Å². The Hall–Kier alpha value is -3.18. The Labute approximate surface area is 177 Å². The second-order valence-corrected chi connectivity index (χ2v) is 7.71. The zero-order valence-electron chi connectivity index (χ0n) is 18.0. The van der Waals surface area contributed by atoms with Gasteiger partial charge in [-0.2, -0.15) is 0 Å². The summed E-state index contributed by atoms with van der Waals surface area (Å²) >= 11 is 0. The first kappa shape index (κ1) is 21.5. The molecule has 3 N–H and O–H groups in total. The summed E-state index contributed by atoms with van der Waals surface area (Å²) in [5.74, 6) is -0.450. The van der Waals surface area contributed by atoms with Gasteiger partial charge in [0.1, 0.15) is 0 Å². The number of anilines is 1. The number of fused-ring (bicyclic) bond motifs is 1. The predicted octanol–water partition coefficient (Wildman–Crippen LogP) is 4.25. The van der Waals surface area contributed by atoms with Gasteiger partial charge in [-0.15, -0.1) is 0 Å². The molecule has 30 heavy (non-hydrogen) atoms. The summed E-state index contributed by atoms with van der Waals surface area (Å²) in [6.07, 6.45) is 0. The molecule has 3 aromatic carbocycles. The summed E-state index contributed by atoms with van der Waals surface area (Å²) in [6.45, 7) is 7.67. The van der Waals surface area contributed by atoms with Gasteiger partial charge >= 0.3 is 0 Å². The van der Waals surface area contributed by atoms with Crippen LogP contribution in [0.2, 0.25) is 0 Å². The summed E-state index contributed by atoms with van der Waals surface area (Å²) in [6, 6.07) is 19.8. The van der Waals surface area contributed by atoms with E-state index >= 15 is 0 Å². The molecule has 0 radical (unpaired) electrons. The number of nitrogens with one attached hydrogen (secondary N) is 3. The lowest BCUT2D eigenvalue weighted by molar-refractivity contribution is -0.125. The minimum Gasteiger partial charge on any atom is -0.346 e. The molecular formula is C25H29N3O2. The van der Waals surface area contributed by atoms with Gasteiger partial charge in [0.2, 0.25) is 11.8 Å². The second-order valence-electron chi connectivity index (χ2n) is 7.71. The van der Waals surface area contributed by atoms with Crippen molar-refractivity contribution in [2.24, 2.45) is 0 Å². The average molecular weight is 404 g/mol. The lowest BCUT2D eigenvalue weighted by Crippen LogP contribution is -2.45.